The first-order valence-electron chi connectivity index (χ1n) is 4.73. The lowest BCUT2D eigenvalue weighted by Crippen LogP contribution is -2.58. The van der Waals surface area contributed by atoms with E-state index in [1.165, 1.54) is 0 Å². The SMILES string of the molecule is O=C1CC(C(=O)N2CC(=O)NC2=O)NC(=O)N1. The van der Waals surface area contributed by atoms with E-state index in [-0.39, 0.29) is 6.42 Å². The van der Waals surface area contributed by atoms with Crippen molar-refractivity contribution in [1.82, 2.24) is 20.9 Å². The Labute approximate surface area is 94.5 Å². The lowest BCUT2D eigenvalue weighted by molar-refractivity contribution is -0.134. The number of urea groups is 2. The van der Waals surface area contributed by atoms with Crippen LogP contribution >= 0.6 is 0 Å². The first-order chi connectivity index (χ1) is 7.97. The summed E-state index contributed by atoms with van der Waals surface area (Å²) in [6.07, 6.45) is -0.261. The Morgan fingerprint density at radius 2 is 1.82 bits per heavy atom. The van der Waals surface area contributed by atoms with Crippen LogP contribution in [0, 0.1) is 0 Å². The highest BCUT2D eigenvalue weighted by atomic mass is 16.2. The molecule has 0 aromatic rings. The van der Waals surface area contributed by atoms with Crippen molar-refractivity contribution in [3.8, 4) is 0 Å². The molecular formula is C8H8N4O5. The number of hydrogen-bond acceptors (Lipinski definition) is 5. The number of carbonyl (C=O) groups is 5. The van der Waals surface area contributed by atoms with Crippen LogP contribution in [0.3, 0.4) is 0 Å². The molecular weight excluding hydrogens is 232 g/mol. The minimum absolute atomic E-state index is 0.261. The Morgan fingerprint density at radius 3 is 2.35 bits per heavy atom. The Balaban J connectivity index is 2.09. The summed E-state index contributed by atoms with van der Waals surface area (Å²) in [7, 11) is 0. The van der Waals surface area contributed by atoms with Gasteiger partial charge in [0.1, 0.15) is 12.6 Å². The lowest BCUT2D eigenvalue weighted by Gasteiger charge is -2.24. The molecule has 2 rings (SSSR count). The number of carbonyl (C=O) groups excluding carboxylic acids is 5. The van der Waals surface area contributed by atoms with E-state index in [1.807, 2.05) is 10.6 Å². The van der Waals surface area contributed by atoms with E-state index in [4.69, 9.17) is 0 Å². The monoisotopic (exact) mass is 240 g/mol. The van der Waals surface area contributed by atoms with Gasteiger partial charge in [0.2, 0.25) is 11.8 Å². The summed E-state index contributed by atoms with van der Waals surface area (Å²) < 4.78 is 0. The van der Waals surface area contributed by atoms with Crippen molar-refractivity contribution in [2.75, 3.05) is 6.54 Å². The van der Waals surface area contributed by atoms with Gasteiger partial charge in [0, 0.05) is 0 Å². The van der Waals surface area contributed by atoms with Gasteiger partial charge in [-0.25, -0.2) is 9.59 Å². The van der Waals surface area contributed by atoms with E-state index < -0.39 is 42.4 Å². The molecule has 2 saturated heterocycles. The average Bonchev–Trinajstić information content (AvgIpc) is 2.55. The molecule has 17 heavy (non-hydrogen) atoms. The van der Waals surface area contributed by atoms with Gasteiger partial charge in [-0.15, -0.1) is 0 Å². The second-order valence-corrected chi connectivity index (χ2v) is 3.56. The van der Waals surface area contributed by atoms with Crippen molar-refractivity contribution in [2.45, 2.75) is 12.5 Å². The van der Waals surface area contributed by atoms with Gasteiger partial charge in [0.05, 0.1) is 6.42 Å². The van der Waals surface area contributed by atoms with Crippen LogP contribution in [0.25, 0.3) is 0 Å². The molecule has 2 aliphatic rings. The molecule has 9 nitrogen and oxygen atoms in total. The highest BCUT2D eigenvalue weighted by molar-refractivity contribution is 6.13. The highest BCUT2D eigenvalue weighted by Gasteiger charge is 2.39. The molecule has 0 bridgehead atoms. The van der Waals surface area contributed by atoms with Crippen molar-refractivity contribution < 1.29 is 24.0 Å². The van der Waals surface area contributed by atoms with Gasteiger partial charge >= 0.3 is 12.1 Å². The summed E-state index contributed by atoms with van der Waals surface area (Å²) in [6.45, 7) is -0.397. The van der Waals surface area contributed by atoms with Gasteiger partial charge < -0.3 is 5.32 Å². The minimum Gasteiger partial charge on any atom is -0.325 e. The zero-order valence-corrected chi connectivity index (χ0v) is 8.48. The Kier molecular flexibility index (Phi) is 2.50. The van der Waals surface area contributed by atoms with Crippen LogP contribution in [0.1, 0.15) is 6.42 Å². The first kappa shape index (κ1) is 11.0. The second kappa shape index (κ2) is 3.85. The normalized spacial score (nSPS) is 24.2. The molecule has 0 spiro atoms. The van der Waals surface area contributed by atoms with Gasteiger partial charge in [0.25, 0.3) is 5.91 Å². The smallest absolute Gasteiger partial charge is 0.325 e. The van der Waals surface area contributed by atoms with Crippen LogP contribution in [0.5, 0.6) is 0 Å². The number of hydrogen-bond donors (Lipinski definition) is 3. The number of imide groups is 3. The predicted octanol–water partition coefficient (Wildman–Crippen LogP) is -2.34. The molecule has 0 saturated carbocycles. The van der Waals surface area contributed by atoms with Gasteiger partial charge in [0.15, 0.2) is 0 Å². The first-order valence-corrected chi connectivity index (χ1v) is 4.73. The molecule has 2 fully saturated rings. The summed E-state index contributed by atoms with van der Waals surface area (Å²) in [5, 5.41) is 6.08. The molecule has 7 amide bonds. The van der Waals surface area contributed by atoms with E-state index >= 15 is 0 Å². The number of nitrogens with zero attached hydrogens (tertiary/aromatic N) is 1. The fourth-order valence-corrected chi connectivity index (χ4v) is 1.57. The predicted molar refractivity (Wildman–Crippen MR) is 50.3 cm³/mol. The number of rotatable bonds is 1. The average molecular weight is 240 g/mol. The van der Waals surface area contributed by atoms with Crippen molar-refractivity contribution in [2.24, 2.45) is 0 Å². The molecule has 9 heteroatoms. The maximum atomic E-state index is 11.8. The van der Waals surface area contributed by atoms with E-state index in [9.17, 15) is 24.0 Å². The molecule has 1 atom stereocenters. The maximum Gasteiger partial charge on any atom is 0.331 e. The van der Waals surface area contributed by atoms with Crippen molar-refractivity contribution in [3.63, 3.8) is 0 Å². The Hall–Kier alpha value is -2.45. The van der Waals surface area contributed by atoms with Crippen LogP contribution < -0.4 is 16.0 Å². The zero-order chi connectivity index (χ0) is 12.6. The van der Waals surface area contributed by atoms with E-state index in [0.29, 0.717) is 4.90 Å². The van der Waals surface area contributed by atoms with Gasteiger partial charge in [-0.2, -0.15) is 0 Å². The van der Waals surface area contributed by atoms with Crippen LogP contribution in [0.15, 0.2) is 0 Å². The van der Waals surface area contributed by atoms with E-state index in [0.717, 1.165) is 0 Å². The van der Waals surface area contributed by atoms with Gasteiger partial charge in [-0.3, -0.25) is 29.9 Å². The summed E-state index contributed by atoms with van der Waals surface area (Å²) in [5.74, 6) is -2.00. The van der Waals surface area contributed by atoms with Crippen molar-refractivity contribution >= 4 is 29.8 Å². The zero-order valence-electron chi connectivity index (χ0n) is 8.48. The number of nitrogens with one attached hydrogen (secondary N) is 3. The fraction of sp³-hybridized carbons (Fsp3) is 0.375. The number of amides is 7. The third-order valence-electron chi connectivity index (χ3n) is 2.31. The summed E-state index contributed by atoms with van der Waals surface area (Å²) in [4.78, 5) is 56.5. The summed E-state index contributed by atoms with van der Waals surface area (Å²) in [6, 6.07) is -2.77. The third kappa shape index (κ3) is 2.07. The van der Waals surface area contributed by atoms with Gasteiger partial charge in [-0.05, 0) is 0 Å². The molecule has 2 aliphatic heterocycles. The topological polar surface area (TPSA) is 125 Å². The molecule has 0 aromatic carbocycles. The fourth-order valence-electron chi connectivity index (χ4n) is 1.57. The molecule has 3 N–H and O–H groups in total. The van der Waals surface area contributed by atoms with Crippen LogP contribution in [0.4, 0.5) is 9.59 Å². The second-order valence-electron chi connectivity index (χ2n) is 3.56. The quantitative estimate of drug-likeness (QED) is 0.443. The van der Waals surface area contributed by atoms with Crippen LogP contribution in [0.2, 0.25) is 0 Å². The van der Waals surface area contributed by atoms with Crippen LogP contribution in [-0.2, 0) is 14.4 Å². The van der Waals surface area contributed by atoms with Crippen molar-refractivity contribution in [3.05, 3.63) is 0 Å². The summed E-state index contributed by atoms with van der Waals surface area (Å²) in [5.41, 5.74) is 0. The molecule has 0 aromatic heterocycles. The van der Waals surface area contributed by atoms with Gasteiger partial charge in [-0.1, -0.05) is 0 Å². The van der Waals surface area contributed by atoms with Crippen LogP contribution in [-0.4, -0.2) is 47.3 Å². The Morgan fingerprint density at radius 1 is 1.12 bits per heavy atom. The lowest BCUT2D eigenvalue weighted by atomic mass is 10.1. The highest BCUT2D eigenvalue weighted by Crippen LogP contribution is 2.07. The van der Waals surface area contributed by atoms with Crippen molar-refractivity contribution in [1.29, 1.82) is 0 Å². The molecule has 90 valence electrons. The minimum atomic E-state index is -1.12. The van der Waals surface area contributed by atoms with E-state index in [1.54, 1.807) is 0 Å². The maximum absolute atomic E-state index is 11.8. The standard InChI is InChI=1S/C8H8N4O5/c13-4-1-3(9-7(16)10-4)6(15)12-2-5(14)11-8(12)17/h3H,1-2H2,(H,11,14,17)(H2,9,10,13,16). The molecule has 1 unspecified atom stereocenters. The third-order valence-corrected chi connectivity index (χ3v) is 2.31. The van der Waals surface area contributed by atoms with E-state index in [2.05, 4.69) is 5.32 Å². The summed E-state index contributed by atoms with van der Waals surface area (Å²) >= 11 is 0. The largest absolute Gasteiger partial charge is 0.331 e. The molecule has 0 aliphatic carbocycles. The Bertz CT molecular complexity index is 429. The molecule has 2 heterocycles. The molecule has 0 radical (unpaired) electrons.